The van der Waals surface area contributed by atoms with Gasteiger partial charge in [-0.1, -0.05) is 29.8 Å². The number of carboxylic acid groups (broad SMARTS) is 1. The Labute approximate surface area is 250 Å². The number of piperidine rings is 1. The average Bonchev–Trinajstić information content (AvgIpc) is 3.35. The predicted octanol–water partition coefficient (Wildman–Crippen LogP) is 4.50. The summed E-state index contributed by atoms with van der Waals surface area (Å²) in [6, 6.07) is 10.0. The molecule has 43 heavy (non-hydrogen) atoms. The van der Waals surface area contributed by atoms with Crippen LogP contribution in [0.5, 0.6) is 5.88 Å². The number of hydrogen-bond acceptors (Lipinski definition) is 9. The number of carbonyl (C=O) groups is 1. The van der Waals surface area contributed by atoms with Gasteiger partial charge in [-0.15, -0.1) is 0 Å². The van der Waals surface area contributed by atoms with Crippen LogP contribution in [0, 0.1) is 5.41 Å². The highest BCUT2D eigenvalue weighted by Crippen LogP contribution is 2.43. The number of aromatic nitrogens is 2. The maximum absolute atomic E-state index is 14.6. The summed E-state index contributed by atoms with van der Waals surface area (Å²) in [7, 11) is -3.64. The molecule has 2 atom stereocenters. The highest BCUT2D eigenvalue weighted by Gasteiger charge is 2.46. The van der Waals surface area contributed by atoms with Gasteiger partial charge in [-0.2, -0.15) is 23.1 Å². The van der Waals surface area contributed by atoms with Crippen molar-refractivity contribution in [1.82, 2.24) is 15.3 Å². The van der Waals surface area contributed by atoms with Gasteiger partial charge in [-0.05, 0) is 60.1 Å². The summed E-state index contributed by atoms with van der Waals surface area (Å²) in [6.45, 7) is 1.55. The summed E-state index contributed by atoms with van der Waals surface area (Å²) in [4.78, 5) is 21.3. The van der Waals surface area contributed by atoms with E-state index < -0.39 is 40.0 Å². The van der Waals surface area contributed by atoms with E-state index in [4.69, 9.17) is 22.1 Å². The molecular formula is C28H29ClF3N5O5S. The third kappa shape index (κ3) is 6.81. The molecule has 4 N–H and O–H groups in total. The SMILES string of the molecule is CS(=O)(=O)c1cccc(-c2cc(Cl)ccc2[C@@H](Oc2cc(N3CCC4(CC3)CNC(C(=O)O)C4)nc(N)n2)C(F)(F)F)c1. The van der Waals surface area contributed by atoms with Crippen molar-refractivity contribution in [2.75, 3.05) is 36.5 Å². The van der Waals surface area contributed by atoms with Crippen molar-refractivity contribution in [2.45, 2.75) is 42.5 Å². The van der Waals surface area contributed by atoms with Gasteiger partial charge in [0.15, 0.2) is 9.84 Å². The van der Waals surface area contributed by atoms with E-state index in [-0.39, 0.29) is 43.8 Å². The molecule has 1 unspecified atom stereocenters. The van der Waals surface area contributed by atoms with Crippen molar-refractivity contribution in [3.63, 3.8) is 0 Å². The molecule has 2 aliphatic heterocycles. The molecular weight excluding hydrogens is 611 g/mol. The van der Waals surface area contributed by atoms with E-state index in [0.29, 0.717) is 38.9 Å². The molecule has 2 aromatic carbocycles. The number of ether oxygens (including phenoxy) is 1. The topological polar surface area (TPSA) is 148 Å². The molecule has 2 aliphatic rings. The highest BCUT2D eigenvalue weighted by molar-refractivity contribution is 7.90. The van der Waals surface area contributed by atoms with Crippen LogP contribution in [0.25, 0.3) is 11.1 Å². The number of carboxylic acids is 1. The number of benzene rings is 2. The number of nitrogens with zero attached hydrogens (tertiary/aromatic N) is 3. The Bertz CT molecular complexity index is 1650. The molecule has 0 saturated carbocycles. The Morgan fingerprint density at radius 3 is 2.53 bits per heavy atom. The van der Waals surface area contributed by atoms with Gasteiger partial charge in [0.2, 0.25) is 17.9 Å². The minimum absolute atomic E-state index is 0.0359. The van der Waals surface area contributed by atoms with Crippen LogP contribution in [0.2, 0.25) is 5.02 Å². The zero-order valence-electron chi connectivity index (χ0n) is 22.9. The minimum Gasteiger partial charge on any atom is -0.480 e. The highest BCUT2D eigenvalue weighted by atomic mass is 35.5. The number of sulfone groups is 1. The third-order valence-corrected chi connectivity index (χ3v) is 9.27. The molecule has 230 valence electrons. The van der Waals surface area contributed by atoms with E-state index in [1.165, 1.54) is 48.5 Å². The molecule has 15 heteroatoms. The normalized spacial score (nSPS) is 19.4. The number of nitrogens with one attached hydrogen (secondary N) is 1. The second-order valence-electron chi connectivity index (χ2n) is 11.0. The Kier molecular flexibility index (Phi) is 8.22. The van der Waals surface area contributed by atoms with Crippen molar-refractivity contribution in [1.29, 1.82) is 0 Å². The van der Waals surface area contributed by atoms with Crippen LogP contribution in [0.3, 0.4) is 0 Å². The Morgan fingerprint density at radius 1 is 1.19 bits per heavy atom. The zero-order valence-corrected chi connectivity index (χ0v) is 24.5. The van der Waals surface area contributed by atoms with Crippen LogP contribution in [-0.4, -0.2) is 67.6 Å². The summed E-state index contributed by atoms with van der Waals surface area (Å²) in [5.41, 5.74) is 5.65. The van der Waals surface area contributed by atoms with Crippen LogP contribution in [0.4, 0.5) is 24.9 Å². The maximum Gasteiger partial charge on any atom is 0.429 e. The van der Waals surface area contributed by atoms with Crippen molar-refractivity contribution >= 4 is 39.2 Å². The smallest absolute Gasteiger partial charge is 0.429 e. The van der Waals surface area contributed by atoms with Crippen LogP contribution in [0.1, 0.15) is 30.9 Å². The third-order valence-electron chi connectivity index (χ3n) is 7.92. The van der Waals surface area contributed by atoms with Crippen LogP contribution < -0.4 is 20.7 Å². The van der Waals surface area contributed by atoms with Gasteiger partial charge in [0, 0.05) is 42.5 Å². The minimum atomic E-state index is -4.91. The molecule has 0 amide bonds. The summed E-state index contributed by atoms with van der Waals surface area (Å²) < 4.78 is 73.5. The van der Waals surface area contributed by atoms with Gasteiger partial charge in [-0.3, -0.25) is 4.79 Å². The molecule has 5 rings (SSSR count). The summed E-state index contributed by atoms with van der Waals surface area (Å²) in [6.07, 6.45) is -4.59. The van der Waals surface area contributed by atoms with E-state index in [0.717, 1.165) is 6.26 Å². The lowest BCUT2D eigenvalue weighted by Crippen LogP contribution is -2.41. The zero-order chi connectivity index (χ0) is 31.2. The number of anilines is 2. The van der Waals surface area contributed by atoms with E-state index in [1.54, 1.807) is 0 Å². The molecule has 3 heterocycles. The number of rotatable bonds is 7. The van der Waals surface area contributed by atoms with Gasteiger partial charge in [-0.25, -0.2) is 8.42 Å². The molecule has 10 nitrogen and oxygen atoms in total. The number of nitrogens with two attached hydrogens (primary N) is 1. The van der Waals surface area contributed by atoms with Crippen LogP contribution >= 0.6 is 11.6 Å². The molecule has 0 radical (unpaired) electrons. The Morgan fingerprint density at radius 2 is 1.91 bits per heavy atom. The fourth-order valence-corrected chi connectivity index (χ4v) is 6.50. The van der Waals surface area contributed by atoms with Gasteiger partial charge in [0.25, 0.3) is 0 Å². The Balaban J connectivity index is 1.44. The van der Waals surface area contributed by atoms with Gasteiger partial charge < -0.3 is 25.8 Å². The van der Waals surface area contributed by atoms with Crippen LogP contribution in [0.15, 0.2) is 53.4 Å². The molecule has 2 saturated heterocycles. The summed E-state index contributed by atoms with van der Waals surface area (Å²) >= 11 is 6.16. The number of nitrogen functional groups attached to an aromatic ring is 1. The maximum atomic E-state index is 14.6. The van der Waals surface area contributed by atoms with Crippen molar-refractivity contribution < 1.29 is 36.2 Å². The van der Waals surface area contributed by atoms with Crippen molar-refractivity contribution in [3.8, 4) is 17.0 Å². The second-order valence-corrected chi connectivity index (χ2v) is 13.4. The first-order valence-electron chi connectivity index (χ1n) is 13.3. The first-order valence-corrected chi connectivity index (χ1v) is 15.6. The standard InChI is InChI=1S/C28H29ClF3N5O5S/c1-43(40,41)18-4-2-3-16(11-18)20-12-17(29)5-6-19(20)24(28(30,31)32)42-23-13-22(35-26(33)36-23)37-9-7-27(8-10-37)14-21(25(38)39)34-15-27/h2-6,11-13,21,24,34H,7-10,14-15H2,1H3,(H,38,39)(H2,33,35,36)/t21?,24-/m1/s1. The van der Waals surface area contributed by atoms with Gasteiger partial charge in [0.05, 0.1) is 4.90 Å². The number of halogens is 4. The molecule has 3 aromatic rings. The average molecular weight is 640 g/mol. The fourth-order valence-electron chi connectivity index (χ4n) is 5.66. The van der Waals surface area contributed by atoms with Crippen LogP contribution in [-0.2, 0) is 14.6 Å². The van der Waals surface area contributed by atoms with Crippen molar-refractivity contribution in [3.05, 3.63) is 59.1 Å². The van der Waals surface area contributed by atoms with E-state index in [1.807, 2.05) is 4.90 Å². The van der Waals surface area contributed by atoms with Crippen molar-refractivity contribution in [2.24, 2.45) is 5.41 Å². The van der Waals surface area contributed by atoms with Gasteiger partial charge in [0.1, 0.15) is 11.9 Å². The molecule has 2 fully saturated rings. The molecule has 0 bridgehead atoms. The van der Waals surface area contributed by atoms with E-state index in [2.05, 4.69) is 15.3 Å². The predicted molar refractivity (Wildman–Crippen MR) is 154 cm³/mol. The molecule has 1 aromatic heterocycles. The summed E-state index contributed by atoms with van der Waals surface area (Å²) in [5.74, 6) is -1.28. The van der Waals surface area contributed by atoms with E-state index >= 15 is 0 Å². The number of alkyl halides is 3. The monoisotopic (exact) mass is 639 g/mol. The quantitative estimate of drug-likeness (QED) is 0.338. The molecule has 0 aliphatic carbocycles. The lowest BCUT2D eigenvalue weighted by Gasteiger charge is -2.39. The number of hydrogen-bond donors (Lipinski definition) is 3. The number of aliphatic carboxylic acids is 1. The largest absolute Gasteiger partial charge is 0.480 e. The Hall–Kier alpha value is -3.62. The van der Waals surface area contributed by atoms with E-state index in [9.17, 15) is 31.5 Å². The lowest BCUT2D eigenvalue weighted by atomic mass is 9.76. The fraction of sp³-hybridized carbons (Fsp3) is 0.393. The second kappa shape index (κ2) is 11.5. The lowest BCUT2D eigenvalue weighted by molar-refractivity contribution is -0.198. The first-order chi connectivity index (χ1) is 20.1. The van der Waals surface area contributed by atoms with Gasteiger partial charge >= 0.3 is 12.1 Å². The summed E-state index contributed by atoms with van der Waals surface area (Å²) in [5, 5.41) is 12.5. The molecule has 1 spiro atoms. The first kappa shape index (κ1) is 30.8.